The summed E-state index contributed by atoms with van der Waals surface area (Å²) in [5.41, 5.74) is 0.869. The maximum absolute atomic E-state index is 15.5. The Morgan fingerprint density at radius 3 is 2.85 bits per heavy atom. The highest BCUT2D eigenvalue weighted by Crippen LogP contribution is 2.31. The summed E-state index contributed by atoms with van der Waals surface area (Å²) in [7, 11) is 0. The predicted octanol–water partition coefficient (Wildman–Crippen LogP) is 1.57. The number of likely N-dealkylation sites (tertiary alicyclic amines) is 1. The summed E-state index contributed by atoms with van der Waals surface area (Å²) >= 11 is 0. The van der Waals surface area contributed by atoms with Gasteiger partial charge in [0.05, 0.1) is 18.4 Å². The van der Waals surface area contributed by atoms with Crippen LogP contribution in [0, 0.1) is 23.0 Å². The first kappa shape index (κ1) is 22.0. The van der Waals surface area contributed by atoms with E-state index in [4.69, 9.17) is 5.26 Å². The number of hydrogen-bond donors (Lipinski definition) is 2. The molecule has 3 aromatic heterocycles. The molecule has 5 rings (SSSR count). The number of piperidine rings is 1. The highest BCUT2D eigenvalue weighted by molar-refractivity contribution is 5.78. The number of anilines is 2. The maximum atomic E-state index is 15.5. The van der Waals surface area contributed by atoms with E-state index in [9.17, 15) is 14.3 Å². The van der Waals surface area contributed by atoms with Crippen molar-refractivity contribution in [1.82, 2.24) is 24.3 Å². The molecule has 34 heavy (non-hydrogen) atoms. The van der Waals surface area contributed by atoms with Crippen molar-refractivity contribution in [1.29, 1.82) is 5.26 Å². The molecule has 2 N–H and O–H groups in total. The lowest BCUT2D eigenvalue weighted by Gasteiger charge is -2.37. The number of carbonyl (C=O) groups is 1. The number of β-amino-alcohol motifs (C(OH)–C–C–N with tert-alkyl or cyclic N) is 1. The average molecular weight is 468 g/mol. The Labute approximate surface area is 193 Å². The van der Waals surface area contributed by atoms with Gasteiger partial charge in [-0.25, -0.2) is 19.3 Å². The number of aliphatic hydroxyl groups excluding tert-OH is 1. The smallest absolute Gasteiger partial charge is 0.236 e. The second-order valence-electron chi connectivity index (χ2n) is 8.47. The molecule has 176 valence electrons. The number of halogens is 2. The van der Waals surface area contributed by atoms with Crippen molar-refractivity contribution in [3.8, 4) is 17.6 Å². The van der Waals surface area contributed by atoms with Crippen LogP contribution >= 0.6 is 0 Å². The highest BCUT2D eigenvalue weighted by atomic mass is 19.1. The lowest BCUT2D eigenvalue weighted by Crippen LogP contribution is -2.51. The molecule has 0 aromatic carbocycles. The molecule has 2 saturated heterocycles. The molecule has 12 heteroatoms. The normalized spacial score (nSPS) is 18.6. The number of imidazole rings is 1. The molecule has 1 atom stereocenters. The van der Waals surface area contributed by atoms with Gasteiger partial charge in [0.1, 0.15) is 23.6 Å². The Hall–Kier alpha value is -3.85. The fourth-order valence-electron chi connectivity index (χ4n) is 4.30. The van der Waals surface area contributed by atoms with E-state index in [1.807, 2.05) is 6.07 Å². The van der Waals surface area contributed by atoms with Gasteiger partial charge in [-0.3, -0.25) is 9.20 Å². The number of fused-ring (bicyclic) bond motifs is 1. The highest BCUT2D eigenvalue weighted by Gasteiger charge is 2.32. The van der Waals surface area contributed by atoms with E-state index in [-0.39, 0.29) is 48.9 Å². The van der Waals surface area contributed by atoms with Gasteiger partial charge in [-0.2, -0.15) is 9.65 Å². The van der Waals surface area contributed by atoms with E-state index in [1.165, 1.54) is 28.9 Å². The zero-order chi connectivity index (χ0) is 23.8. The van der Waals surface area contributed by atoms with Gasteiger partial charge in [0, 0.05) is 38.4 Å². The predicted molar refractivity (Wildman–Crippen MR) is 118 cm³/mol. The minimum Gasteiger partial charge on any atom is -0.389 e. The molecule has 0 saturated carbocycles. The summed E-state index contributed by atoms with van der Waals surface area (Å²) in [4.78, 5) is 28.4. The number of hydrogen-bond acceptors (Lipinski definition) is 8. The first-order valence-corrected chi connectivity index (χ1v) is 11.0. The van der Waals surface area contributed by atoms with Gasteiger partial charge >= 0.3 is 0 Å². The Balaban J connectivity index is 1.50. The number of rotatable bonds is 5. The fraction of sp³-hybridized carbons (Fsp3) is 0.409. The molecule has 2 fully saturated rings. The molecule has 2 aliphatic heterocycles. The molecule has 0 bridgehead atoms. The summed E-state index contributed by atoms with van der Waals surface area (Å²) in [6.45, 7) is 1.32. The number of carbonyl (C=O) groups excluding carboxylic acids is 1. The van der Waals surface area contributed by atoms with Crippen LogP contribution in [0.3, 0.4) is 0 Å². The first-order chi connectivity index (χ1) is 16.4. The van der Waals surface area contributed by atoms with E-state index < -0.39 is 17.7 Å². The third-order valence-corrected chi connectivity index (χ3v) is 6.04. The monoisotopic (exact) mass is 468 g/mol. The first-order valence-electron chi connectivity index (χ1n) is 11.0. The van der Waals surface area contributed by atoms with Crippen LogP contribution in [0.25, 0.3) is 17.2 Å². The van der Waals surface area contributed by atoms with Gasteiger partial charge in [0.15, 0.2) is 17.5 Å². The van der Waals surface area contributed by atoms with Gasteiger partial charge in [-0.15, -0.1) is 0 Å². The van der Waals surface area contributed by atoms with Gasteiger partial charge in [0.25, 0.3) is 0 Å². The number of aliphatic hydroxyl groups is 1. The molecule has 0 aliphatic carbocycles. The largest absolute Gasteiger partial charge is 0.389 e. The van der Waals surface area contributed by atoms with E-state index in [0.717, 1.165) is 0 Å². The van der Waals surface area contributed by atoms with Crippen LogP contribution in [0.2, 0.25) is 0 Å². The van der Waals surface area contributed by atoms with Gasteiger partial charge in [0.2, 0.25) is 11.7 Å². The Kier molecular flexibility index (Phi) is 5.70. The van der Waals surface area contributed by atoms with Crippen LogP contribution in [0.5, 0.6) is 0 Å². The zero-order valence-corrected chi connectivity index (χ0v) is 18.2. The summed E-state index contributed by atoms with van der Waals surface area (Å²) in [5.74, 6) is -1.28. The van der Waals surface area contributed by atoms with Gasteiger partial charge < -0.3 is 20.2 Å². The van der Waals surface area contributed by atoms with E-state index in [2.05, 4.69) is 20.3 Å². The van der Waals surface area contributed by atoms with Crippen LogP contribution in [-0.2, 0) is 4.79 Å². The molecular weight excluding hydrogens is 446 g/mol. The third-order valence-electron chi connectivity index (χ3n) is 6.04. The van der Waals surface area contributed by atoms with E-state index in [0.29, 0.717) is 37.3 Å². The molecular formula is C22H22F2N8O2. The van der Waals surface area contributed by atoms with Crippen molar-refractivity contribution in [2.24, 2.45) is 0 Å². The lowest BCUT2D eigenvalue weighted by atomic mass is 10.1. The minimum absolute atomic E-state index is 0.0253. The summed E-state index contributed by atoms with van der Waals surface area (Å²) in [5, 5.41) is 21.6. The molecule has 1 amide bonds. The lowest BCUT2D eigenvalue weighted by molar-refractivity contribution is -0.131. The SMILES string of the molecule is N#CCC(=O)N1CCC[C@@H](Nc2nc(-c3cnc4ccc(F)cn34)nc(N3CC(O)C3)c2F)C1. The molecule has 5 heterocycles. The van der Waals surface area contributed by atoms with Crippen molar-refractivity contribution in [2.45, 2.75) is 31.4 Å². The van der Waals surface area contributed by atoms with Gasteiger partial charge in [-0.05, 0) is 25.0 Å². The average Bonchev–Trinajstić information content (AvgIpc) is 3.22. The van der Waals surface area contributed by atoms with E-state index in [1.54, 1.807) is 9.80 Å². The van der Waals surface area contributed by atoms with Crippen LogP contribution in [0.4, 0.5) is 20.4 Å². The van der Waals surface area contributed by atoms with Crippen molar-refractivity contribution in [2.75, 3.05) is 36.4 Å². The Morgan fingerprint density at radius 1 is 1.26 bits per heavy atom. The molecule has 3 aromatic rings. The topological polar surface area (TPSA) is 123 Å². The standard InChI is InChI=1S/C22H22F2N8O2/c23-13-3-4-17-26-8-16(32(17)9-13)20-28-21(19(24)22(29-20)31-11-15(33)12-31)27-14-2-1-7-30(10-14)18(34)5-6-25/h3-4,8-9,14-15,33H,1-2,5,7,10-12H2,(H,27,28,29)/t14-/m1/s1. The van der Waals surface area contributed by atoms with Crippen LogP contribution in [-0.4, -0.2) is 73.6 Å². The number of amides is 1. The van der Waals surface area contributed by atoms with Crippen molar-refractivity contribution in [3.63, 3.8) is 0 Å². The number of nitrogens with one attached hydrogen (secondary N) is 1. The van der Waals surface area contributed by atoms with Crippen molar-refractivity contribution < 1.29 is 18.7 Å². The maximum Gasteiger partial charge on any atom is 0.236 e. The number of aromatic nitrogens is 4. The molecule has 0 radical (unpaired) electrons. The number of nitrogens with zero attached hydrogens (tertiary/aromatic N) is 7. The van der Waals surface area contributed by atoms with E-state index >= 15 is 4.39 Å². The molecule has 0 unspecified atom stereocenters. The fourth-order valence-corrected chi connectivity index (χ4v) is 4.30. The molecule has 2 aliphatic rings. The number of pyridine rings is 1. The van der Waals surface area contributed by atoms with Crippen LogP contribution in [0.1, 0.15) is 19.3 Å². The second-order valence-corrected chi connectivity index (χ2v) is 8.47. The minimum atomic E-state index is -0.670. The van der Waals surface area contributed by atoms with Crippen LogP contribution < -0.4 is 10.2 Å². The summed E-state index contributed by atoms with van der Waals surface area (Å²) in [6.07, 6.45) is 3.36. The second kappa shape index (κ2) is 8.83. The van der Waals surface area contributed by atoms with Crippen molar-refractivity contribution in [3.05, 3.63) is 36.2 Å². The third kappa shape index (κ3) is 4.10. The summed E-state index contributed by atoms with van der Waals surface area (Å²) < 4.78 is 30.9. The quantitative estimate of drug-likeness (QED) is 0.579. The Bertz CT molecular complexity index is 1280. The molecule has 0 spiro atoms. The number of nitriles is 1. The Morgan fingerprint density at radius 2 is 2.09 bits per heavy atom. The summed E-state index contributed by atoms with van der Waals surface area (Å²) in [6, 6.07) is 4.40. The molecule has 10 nitrogen and oxygen atoms in total. The van der Waals surface area contributed by atoms with Crippen LogP contribution in [0.15, 0.2) is 24.5 Å². The zero-order valence-electron chi connectivity index (χ0n) is 18.2. The van der Waals surface area contributed by atoms with Crippen molar-refractivity contribution >= 4 is 23.2 Å². The van der Waals surface area contributed by atoms with Gasteiger partial charge in [-0.1, -0.05) is 0 Å².